The Hall–Kier alpha value is -5.76. The Balaban J connectivity index is 1.49. The van der Waals surface area contributed by atoms with Gasteiger partial charge in [0.15, 0.2) is 0 Å². The lowest BCUT2D eigenvalue weighted by molar-refractivity contribution is -0.142. The fourth-order valence-electron chi connectivity index (χ4n) is 5.66. The van der Waals surface area contributed by atoms with Crippen molar-refractivity contribution in [2.75, 3.05) is 5.32 Å². The van der Waals surface area contributed by atoms with Crippen molar-refractivity contribution >= 4 is 57.1 Å². The number of benzene rings is 3. The fourth-order valence-corrected chi connectivity index (χ4v) is 5.92. The van der Waals surface area contributed by atoms with Gasteiger partial charge in [-0.25, -0.2) is 4.79 Å². The monoisotopic (exact) mass is 771 g/mol. The van der Waals surface area contributed by atoms with E-state index in [4.69, 9.17) is 4.42 Å². The average molecular weight is 773 g/mol. The van der Waals surface area contributed by atoms with Gasteiger partial charge in [-0.3, -0.25) is 24.0 Å². The molecule has 4 atom stereocenters. The van der Waals surface area contributed by atoms with Crippen molar-refractivity contribution in [1.82, 2.24) is 21.3 Å². The quantitative estimate of drug-likeness (QED) is 0.154. The number of furan rings is 1. The lowest BCUT2D eigenvalue weighted by atomic mass is 10.0. The smallest absolute Gasteiger partial charge is 0.326 e. The standard InChI is InChI=1S/C38H38BrN5O8/c39-26-12-8-24(9-13-26)20-30-36(48)43-31(22-28-7-4-18-52-28)37(49)44-32(38(50)51)21-25-10-14-27(15-11-25)40-33(45)16-17-34(46)41-29(35(47)42-30)19-23-5-2-1-3-6-23/h1-15,18,29-32H,16-17,19-22H2,(H,40,45)(H,41,46)(H,42,47)(H,43,48)(H,44,49)(H,50,51)/t29-,30+,31-,32-/m1/s1. The summed E-state index contributed by atoms with van der Waals surface area (Å²) in [6.07, 6.45) is 0.912. The van der Waals surface area contributed by atoms with Crippen molar-refractivity contribution in [2.45, 2.75) is 62.7 Å². The Morgan fingerprint density at radius 2 is 1.23 bits per heavy atom. The zero-order valence-electron chi connectivity index (χ0n) is 28.0. The van der Waals surface area contributed by atoms with Gasteiger partial charge in [0.1, 0.15) is 29.9 Å². The fraction of sp³-hybridized carbons (Fsp3) is 0.263. The number of rotatable bonds is 7. The van der Waals surface area contributed by atoms with Gasteiger partial charge in [-0.1, -0.05) is 70.5 Å². The molecule has 0 radical (unpaired) electrons. The van der Waals surface area contributed by atoms with Crippen LogP contribution in [0.1, 0.15) is 35.3 Å². The highest BCUT2D eigenvalue weighted by Gasteiger charge is 2.32. The maximum absolute atomic E-state index is 14.1. The van der Waals surface area contributed by atoms with Crippen LogP contribution in [0.2, 0.25) is 0 Å². The Bertz CT molecular complexity index is 1870. The van der Waals surface area contributed by atoms with E-state index in [0.29, 0.717) is 22.6 Å². The van der Waals surface area contributed by atoms with Gasteiger partial charge in [0, 0.05) is 48.7 Å². The molecule has 52 heavy (non-hydrogen) atoms. The SMILES string of the molecule is O=C1CCC(=O)N[C@H](Cc2ccccc2)C(=O)N[C@@H](Cc2ccc(Br)cc2)C(=O)N[C@H](Cc2ccco2)C(=O)N[C@@H](C(=O)O)Cc2ccc(cc2)N1. The number of carbonyl (C=O) groups is 6. The second kappa shape index (κ2) is 17.9. The number of aliphatic carboxylic acids is 1. The summed E-state index contributed by atoms with van der Waals surface area (Å²) in [5.41, 5.74) is 2.42. The van der Waals surface area contributed by atoms with E-state index in [-0.39, 0.29) is 38.5 Å². The number of hydrogen-bond acceptors (Lipinski definition) is 7. The summed E-state index contributed by atoms with van der Waals surface area (Å²) < 4.78 is 6.25. The predicted octanol–water partition coefficient (Wildman–Crippen LogP) is 3.07. The molecule has 0 saturated carbocycles. The number of fused-ring (bicyclic) bond motifs is 18. The van der Waals surface area contributed by atoms with E-state index >= 15 is 0 Å². The van der Waals surface area contributed by atoms with Crippen molar-refractivity contribution in [3.05, 3.63) is 124 Å². The second-order valence-corrected chi connectivity index (χ2v) is 13.3. The minimum atomic E-state index is -1.37. The molecule has 5 amide bonds. The molecule has 0 fully saturated rings. The molecule has 6 N–H and O–H groups in total. The molecule has 6 rings (SSSR count). The molecule has 0 aliphatic carbocycles. The van der Waals surface area contributed by atoms with Crippen molar-refractivity contribution < 1.29 is 38.3 Å². The molecular formula is C38H38BrN5O8. The van der Waals surface area contributed by atoms with E-state index in [1.165, 1.54) is 6.26 Å². The van der Waals surface area contributed by atoms with Crippen LogP contribution in [0.15, 0.2) is 106 Å². The molecule has 2 bridgehead atoms. The summed E-state index contributed by atoms with van der Waals surface area (Å²) in [6.45, 7) is 0. The number of carboxylic acids is 1. The van der Waals surface area contributed by atoms with E-state index in [1.54, 1.807) is 84.9 Å². The third kappa shape index (κ3) is 11.1. The molecule has 0 saturated heterocycles. The van der Waals surface area contributed by atoms with Crippen LogP contribution < -0.4 is 26.6 Å². The zero-order valence-corrected chi connectivity index (χ0v) is 29.6. The number of carbonyl (C=O) groups excluding carboxylic acids is 5. The van der Waals surface area contributed by atoms with Crippen LogP contribution in [0.5, 0.6) is 0 Å². The first-order valence-corrected chi connectivity index (χ1v) is 17.4. The minimum Gasteiger partial charge on any atom is -0.480 e. The van der Waals surface area contributed by atoms with Crippen LogP contribution in [0.3, 0.4) is 0 Å². The van der Waals surface area contributed by atoms with Crippen LogP contribution in [0.25, 0.3) is 0 Å². The largest absolute Gasteiger partial charge is 0.480 e. The van der Waals surface area contributed by atoms with Crippen molar-refractivity contribution in [2.24, 2.45) is 0 Å². The van der Waals surface area contributed by atoms with Crippen LogP contribution in [-0.2, 0) is 54.5 Å². The van der Waals surface area contributed by atoms with Crippen LogP contribution in [0.4, 0.5) is 5.69 Å². The summed E-state index contributed by atoms with van der Waals surface area (Å²) in [4.78, 5) is 80.0. The first kappa shape index (κ1) is 37.5. The van der Waals surface area contributed by atoms with Crippen LogP contribution in [0, 0.1) is 0 Å². The van der Waals surface area contributed by atoms with Gasteiger partial charge >= 0.3 is 5.97 Å². The van der Waals surface area contributed by atoms with E-state index in [9.17, 15) is 33.9 Å². The number of carboxylic acid groups (broad SMARTS) is 1. The highest BCUT2D eigenvalue weighted by Crippen LogP contribution is 2.15. The Morgan fingerprint density at radius 1 is 0.654 bits per heavy atom. The van der Waals surface area contributed by atoms with Crippen molar-refractivity contribution in [3.8, 4) is 0 Å². The molecule has 3 heterocycles. The predicted molar refractivity (Wildman–Crippen MR) is 194 cm³/mol. The minimum absolute atomic E-state index is 0.0136. The maximum atomic E-state index is 14.1. The number of anilines is 1. The molecule has 13 nitrogen and oxygen atoms in total. The van der Waals surface area contributed by atoms with Crippen molar-refractivity contribution in [1.29, 1.82) is 0 Å². The maximum Gasteiger partial charge on any atom is 0.326 e. The summed E-state index contributed by atoms with van der Waals surface area (Å²) in [7, 11) is 0. The normalized spacial score (nSPS) is 20.8. The summed E-state index contributed by atoms with van der Waals surface area (Å²) in [5, 5.41) is 23.5. The van der Waals surface area contributed by atoms with E-state index in [1.807, 2.05) is 6.07 Å². The zero-order chi connectivity index (χ0) is 37.0. The van der Waals surface area contributed by atoms with Gasteiger partial charge in [0.25, 0.3) is 0 Å². The average Bonchev–Trinajstić information content (AvgIpc) is 3.64. The third-order valence-corrected chi connectivity index (χ3v) is 8.94. The van der Waals surface area contributed by atoms with Gasteiger partial charge in [0.2, 0.25) is 29.5 Å². The number of amides is 5. The summed E-state index contributed by atoms with van der Waals surface area (Å²) in [5.74, 6) is -4.10. The van der Waals surface area contributed by atoms with E-state index in [2.05, 4.69) is 42.5 Å². The summed E-state index contributed by atoms with van der Waals surface area (Å²) >= 11 is 3.40. The molecule has 4 aromatic rings. The van der Waals surface area contributed by atoms with Crippen LogP contribution in [-0.4, -0.2) is 64.8 Å². The lowest BCUT2D eigenvalue weighted by Crippen LogP contribution is -2.59. The third-order valence-electron chi connectivity index (χ3n) is 8.41. The van der Waals surface area contributed by atoms with E-state index < -0.39 is 59.7 Å². The highest BCUT2D eigenvalue weighted by molar-refractivity contribution is 9.10. The van der Waals surface area contributed by atoms with Gasteiger partial charge in [-0.05, 0) is 53.1 Å². The van der Waals surface area contributed by atoms with Gasteiger partial charge in [0.05, 0.1) is 6.26 Å². The first-order valence-electron chi connectivity index (χ1n) is 16.6. The summed E-state index contributed by atoms with van der Waals surface area (Å²) in [6, 6.07) is 20.7. The Kier molecular flexibility index (Phi) is 12.9. The Morgan fingerprint density at radius 3 is 1.85 bits per heavy atom. The number of halogens is 1. The molecule has 1 aromatic heterocycles. The molecule has 14 heteroatoms. The van der Waals surface area contributed by atoms with Crippen molar-refractivity contribution in [3.63, 3.8) is 0 Å². The molecule has 0 spiro atoms. The van der Waals surface area contributed by atoms with Gasteiger partial charge in [-0.15, -0.1) is 0 Å². The molecule has 2 aliphatic rings. The molecule has 0 unspecified atom stereocenters. The lowest BCUT2D eigenvalue weighted by Gasteiger charge is -2.26. The van der Waals surface area contributed by atoms with Crippen LogP contribution >= 0.6 is 15.9 Å². The van der Waals surface area contributed by atoms with E-state index in [0.717, 1.165) is 10.0 Å². The topological polar surface area (TPSA) is 196 Å². The number of hydrogen-bond donors (Lipinski definition) is 6. The molecule has 3 aromatic carbocycles. The van der Waals surface area contributed by atoms with Gasteiger partial charge in [-0.2, -0.15) is 0 Å². The van der Waals surface area contributed by atoms with Gasteiger partial charge < -0.3 is 36.1 Å². The molecule has 2 aliphatic heterocycles. The number of nitrogens with one attached hydrogen (secondary N) is 5. The first-order chi connectivity index (χ1) is 25.0. The molecule has 270 valence electrons. The molecular weight excluding hydrogens is 734 g/mol. The Labute approximate surface area is 308 Å². The second-order valence-electron chi connectivity index (χ2n) is 12.4. The highest BCUT2D eigenvalue weighted by atomic mass is 79.9.